The zero-order valence-electron chi connectivity index (χ0n) is 8.29. The first kappa shape index (κ1) is 8.79. The third-order valence-electron chi connectivity index (χ3n) is 2.89. The van der Waals surface area contributed by atoms with E-state index in [4.69, 9.17) is 0 Å². The number of hydrogen-bond donors (Lipinski definition) is 0. The maximum atomic E-state index is 4.46. The van der Waals surface area contributed by atoms with E-state index in [2.05, 4.69) is 10.3 Å². The molecule has 0 aromatic rings. The average molecular weight is 177 g/mol. The largest absolute Gasteiger partial charge is 0.239 e. The standard InChI is InChI=1S/C11H17N2/c1-9-8-12-11(13-9)10-6-4-2-3-5-7-10/h8,10H,2-7H2,1H3. The average Bonchev–Trinajstić information content (AvgIpc) is 2.43. The molecule has 0 unspecified atom stereocenters. The summed E-state index contributed by atoms with van der Waals surface area (Å²) in [5.41, 5.74) is 1.07. The van der Waals surface area contributed by atoms with Crippen molar-refractivity contribution in [3.05, 3.63) is 11.9 Å². The summed E-state index contributed by atoms with van der Waals surface area (Å²) in [5.74, 6) is 1.75. The van der Waals surface area contributed by atoms with Crippen molar-refractivity contribution < 1.29 is 0 Å². The third-order valence-corrected chi connectivity index (χ3v) is 2.89. The van der Waals surface area contributed by atoms with Crippen LogP contribution >= 0.6 is 0 Å². The van der Waals surface area contributed by atoms with Crippen LogP contribution in [0.5, 0.6) is 0 Å². The Balaban J connectivity index is 1.96. The monoisotopic (exact) mass is 177 g/mol. The van der Waals surface area contributed by atoms with Crippen LogP contribution in [0, 0.1) is 5.92 Å². The molecule has 0 N–H and O–H groups in total. The molecule has 0 saturated heterocycles. The van der Waals surface area contributed by atoms with Crippen LogP contribution in [-0.4, -0.2) is 5.84 Å². The van der Waals surface area contributed by atoms with E-state index in [0.717, 1.165) is 11.5 Å². The maximum Gasteiger partial charge on any atom is 0.131 e. The summed E-state index contributed by atoms with van der Waals surface area (Å²) >= 11 is 0. The van der Waals surface area contributed by atoms with Crippen molar-refractivity contribution in [2.45, 2.75) is 45.4 Å². The topological polar surface area (TPSA) is 26.5 Å². The Labute approximate surface area is 80.1 Å². The molecule has 2 heteroatoms. The van der Waals surface area contributed by atoms with Crippen molar-refractivity contribution in [3.8, 4) is 0 Å². The molecule has 0 bridgehead atoms. The molecule has 1 aliphatic carbocycles. The summed E-state index contributed by atoms with van der Waals surface area (Å²) in [6, 6.07) is 0. The lowest BCUT2D eigenvalue weighted by molar-refractivity contribution is 0.581. The zero-order valence-corrected chi connectivity index (χ0v) is 8.29. The molecule has 2 rings (SSSR count). The van der Waals surface area contributed by atoms with E-state index in [9.17, 15) is 0 Å². The number of hydrogen-bond acceptors (Lipinski definition) is 1. The Morgan fingerprint density at radius 1 is 1.15 bits per heavy atom. The highest BCUT2D eigenvalue weighted by molar-refractivity contribution is 5.87. The third kappa shape index (κ3) is 2.11. The van der Waals surface area contributed by atoms with Crippen LogP contribution in [0.3, 0.4) is 0 Å². The molecule has 71 valence electrons. The normalized spacial score (nSPS) is 24.7. The first-order valence-corrected chi connectivity index (χ1v) is 5.32. The second kappa shape index (κ2) is 3.95. The minimum absolute atomic E-state index is 0.649. The summed E-state index contributed by atoms with van der Waals surface area (Å²) in [7, 11) is 0. The summed E-state index contributed by atoms with van der Waals surface area (Å²) in [4.78, 5) is 4.46. The fourth-order valence-corrected chi connectivity index (χ4v) is 2.13. The van der Waals surface area contributed by atoms with Gasteiger partial charge in [0.25, 0.3) is 0 Å². The number of amidine groups is 1. The Morgan fingerprint density at radius 3 is 2.38 bits per heavy atom. The van der Waals surface area contributed by atoms with Gasteiger partial charge in [-0.3, -0.25) is 0 Å². The van der Waals surface area contributed by atoms with Crippen LogP contribution in [0.25, 0.3) is 0 Å². The fourth-order valence-electron chi connectivity index (χ4n) is 2.13. The van der Waals surface area contributed by atoms with Gasteiger partial charge >= 0.3 is 0 Å². The van der Waals surface area contributed by atoms with Crippen LogP contribution in [0.4, 0.5) is 0 Å². The molecule has 1 heterocycles. The number of nitrogens with zero attached hydrogens (tertiary/aromatic N) is 2. The summed E-state index contributed by atoms with van der Waals surface area (Å²) in [5, 5.41) is 4.37. The van der Waals surface area contributed by atoms with E-state index >= 15 is 0 Å². The van der Waals surface area contributed by atoms with Gasteiger partial charge in [-0.2, -0.15) is 0 Å². The molecule has 1 aliphatic heterocycles. The summed E-state index contributed by atoms with van der Waals surface area (Å²) in [6.07, 6.45) is 10.00. The Kier molecular flexibility index (Phi) is 2.67. The minimum atomic E-state index is 0.649. The van der Waals surface area contributed by atoms with Crippen molar-refractivity contribution in [1.82, 2.24) is 5.32 Å². The highest BCUT2D eigenvalue weighted by atomic mass is 15.0. The van der Waals surface area contributed by atoms with E-state index in [1.807, 2.05) is 13.1 Å². The highest BCUT2D eigenvalue weighted by Gasteiger charge is 2.20. The molecule has 0 atom stereocenters. The van der Waals surface area contributed by atoms with E-state index in [0.29, 0.717) is 5.92 Å². The molecule has 0 aromatic heterocycles. The van der Waals surface area contributed by atoms with Gasteiger partial charge in [-0.15, -0.1) is 0 Å². The predicted octanol–water partition coefficient (Wildman–Crippen LogP) is 2.83. The lowest BCUT2D eigenvalue weighted by Gasteiger charge is -2.12. The van der Waals surface area contributed by atoms with Crippen molar-refractivity contribution in [3.63, 3.8) is 0 Å². The first-order valence-electron chi connectivity index (χ1n) is 5.32. The molecule has 2 nitrogen and oxygen atoms in total. The minimum Gasteiger partial charge on any atom is -0.239 e. The zero-order chi connectivity index (χ0) is 9.10. The van der Waals surface area contributed by atoms with Gasteiger partial charge in [0.1, 0.15) is 5.84 Å². The summed E-state index contributed by atoms with van der Waals surface area (Å²) < 4.78 is 0. The van der Waals surface area contributed by atoms with Crippen LogP contribution in [0.1, 0.15) is 45.4 Å². The van der Waals surface area contributed by atoms with Gasteiger partial charge in [-0.25, -0.2) is 10.3 Å². The second-order valence-electron chi connectivity index (χ2n) is 4.06. The van der Waals surface area contributed by atoms with E-state index < -0.39 is 0 Å². The quantitative estimate of drug-likeness (QED) is 0.551. The molecular formula is C11H17N2. The SMILES string of the molecule is CC1=C[N]C(C2CCCCCC2)=N1. The van der Waals surface area contributed by atoms with Gasteiger partial charge in [0.05, 0.1) is 11.9 Å². The van der Waals surface area contributed by atoms with Crippen LogP contribution in [0.2, 0.25) is 0 Å². The van der Waals surface area contributed by atoms with Gasteiger partial charge in [0, 0.05) is 5.92 Å². The highest BCUT2D eigenvalue weighted by Crippen LogP contribution is 2.25. The van der Waals surface area contributed by atoms with Gasteiger partial charge in [-0.1, -0.05) is 25.7 Å². The fraction of sp³-hybridized carbons (Fsp3) is 0.727. The smallest absolute Gasteiger partial charge is 0.131 e. The van der Waals surface area contributed by atoms with Crippen LogP contribution in [0.15, 0.2) is 16.9 Å². The predicted molar refractivity (Wildman–Crippen MR) is 54.5 cm³/mol. The van der Waals surface area contributed by atoms with Crippen molar-refractivity contribution in [2.75, 3.05) is 0 Å². The van der Waals surface area contributed by atoms with Gasteiger partial charge in [0.2, 0.25) is 0 Å². The lowest BCUT2D eigenvalue weighted by Crippen LogP contribution is -2.18. The maximum absolute atomic E-state index is 4.46. The number of allylic oxidation sites excluding steroid dienone is 1. The first-order chi connectivity index (χ1) is 6.36. The van der Waals surface area contributed by atoms with Crippen molar-refractivity contribution in [1.29, 1.82) is 0 Å². The molecule has 0 amide bonds. The van der Waals surface area contributed by atoms with Gasteiger partial charge in [0.15, 0.2) is 0 Å². The molecule has 0 aromatic carbocycles. The Bertz CT molecular complexity index is 232. The van der Waals surface area contributed by atoms with Crippen LogP contribution < -0.4 is 5.32 Å². The second-order valence-corrected chi connectivity index (χ2v) is 4.06. The molecule has 13 heavy (non-hydrogen) atoms. The lowest BCUT2D eigenvalue weighted by atomic mass is 9.99. The van der Waals surface area contributed by atoms with Gasteiger partial charge < -0.3 is 0 Å². The van der Waals surface area contributed by atoms with Crippen molar-refractivity contribution in [2.24, 2.45) is 10.9 Å². The Hall–Kier alpha value is -0.790. The van der Waals surface area contributed by atoms with Crippen molar-refractivity contribution >= 4 is 5.84 Å². The van der Waals surface area contributed by atoms with E-state index in [1.54, 1.807) is 0 Å². The molecule has 1 radical (unpaired) electrons. The van der Waals surface area contributed by atoms with E-state index in [1.165, 1.54) is 38.5 Å². The Morgan fingerprint density at radius 2 is 1.85 bits per heavy atom. The molecular weight excluding hydrogens is 160 g/mol. The van der Waals surface area contributed by atoms with Gasteiger partial charge in [-0.05, 0) is 19.8 Å². The number of rotatable bonds is 1. The van der Waals surface area contributed by atoms with Crippen LogP contribution in [-0.2, 0) is 0 Å². The summed E-state index contributed by atoms with van der Waals surface area (Å²) in [6.45, 7) is 2.02. The van der Waals surface area contributed by atoms with E-state index in [-0.39, 0.29) is 0 Å². The molecule has 1 fully saturated rings. The molecule has 2 aliphatic rings. The number of aliphatic imine (C=N–C) groups is 1. The molecule has 0 spiro atoms. The molecule has 1 saturated carbocycles.